The molecule has 1 amide bonds. The maximum Gasteiger partial charge on any atom is 0.326 e. The van der Waals surface area contributed by atoms with Crippen LogP contribution in [0.1, 0.15) is 28.8 Å². The number of amides is 1. The van der Waals surface area contributed by atoms with Crippen LogP contribution in [-0.4, -0.2) is 42.9 Å². The summed E-state index contributed by atoms with van der Waals surface area (Å²) >= 11 is 0. The third kappa shape index (κ3) is 3.77. The molecule has 2 aromatic carbocycles. The fourth-order valence-electron chi connectivity index (χ4n) is 3.16. The first-order chi connectivity index (χ1) is 12.4. The summed E-state index contributed by atoms with van der Waals surface area (Å²) in [7, 11) is -3.52. The first kappa shape index (κ1) is 18.1. The van der Waals surface area contributed by atoms with E-state index in [1.165, 1.54) is 23.1 Å². The SMILES string of the molecule is O=C(O)[C@H]1CCCN1C(=O)c1cccc(CS(=O)(=O)c2ccccc2)c1. The van der Waals surface area contributed by atoms with Crippen molar-refractivity contribution >= 4 is 21.7 Å². The van der Waals surface area contributed by atoms with Crippen LogP contribution in [0.15, 0.2) is 59.5 Å². The lowest BCUT2D eigenvalue weighted by Crippen LogP contribution is -2.40. The molecule has 1 heterocycles. The molecular weight excluding hydrogens is 354 g/mol. The Morgan fingerprint density at radius 2 is 1.81 bits per heavy atom. The number of hydrogen-bond acceptors (Lipinski definition) is 4. The molecule has 7 heteroatoms. The fraction of sp³-hybridized carbons (Fsp3) is 0.263. The van der Waals surface area contributed by atoms with Gasteiger partial charge in [0.1, 0.15) is 6.04 Å². The molecule has 1 aliphatic heterocycles. The Kier molecular flexibility index (Phi) is 5.08. The van der Waals surface area contributed by atoms with Crippen LogP contribution in [0.5, 0.6) is 0 Å². The van der Waals surface area contributed by atoms with Gasteiger partial charge < -0.3 is 10.0 Å². The average molecular weight is 373 g/mol. The molecule has 0 bridgehead atoms. The highest BCUT2D eigenvalue weighted by Gasteiger charge is 2.34. The third-order valence-corrected chi connectivity index (χ3v) is 6.14. The van der Waals surface area contributed by atoms with E-state index in [2.05, 4.69) is 0 Å². The molecule has 0 aliphatic carbocycles. The lowest BCUT2D eigenvalue weighted by atomic mass is 10.1. The van der Waals surface area contributed by atoms with Gasteiger partial charge in [-0.15, -0.1) is 0 Å². The van der Waals surface area contributed by atoms with Gasteiger partial charge in [-0.25, -0.2) is 13.2 Å². The van der Waals surface area contributed by atoms with Crippen LogP contribution in [0.2, 0.25) is 0 Å². The van der Waals surface area contributed by atoms with E-state index >= 15 is 0 Å². The number of benzene rings is 2. The van der Waals surface area contributed by atoms with Crippen molar-refractivity contribution in [2.45, 2.75) is 29.5 Å². The molecular formula is C19H19NO5S. The second-order valence-corrected chi connectivity index (χ2v) is 8.26. The van der Waals surface area contributed by atoms with E-state index in [9.17, 15) is 23.1 Å². The predicted octanol–water partition coefficient (Wildman–Crippen LogP) is 2.35. The van der Waals surface area contributed by atoms with Gasteiger partial charge in [0.2, 0.25) is 0 Å². The Morgan fingerprint density at radius 3 is 2.50 bits per heavy atom. The zero-order valence-corrected chi connectivity index (χ0v) is 14.9. The molecule has 6 nitrogen and oxygen atoms in total. The van der Waals surface area contributed by atoms with Gasteiger partial charge in [-0.2, -0.15) is 0 Å². The highest BCUT2D eigenvalue weighted by atomic mass is 32.2. The molecule has 0 unspecified atom stereocenters. The van der Waals surface area contributed by atoms with Crippen molar-refractivity contribution < 1.29 is 23.1 Å². The van der Waals surface area contributed by atoms with E-state index in [4.69, 9.17) is 0 Å². The number of rotatable bonds is 5. The molecule has 2 aromatic rings. The summed E-state index contributed by atoms with van der Waals surface area (Å²) in [5.41, 5.74) is 0.796. The minimum absolute atomic E-state index is 0.222. The van der Waals surface area contributed by atoms with Gasteiger partial charge >= 0.3 is 5.97 Å². The van der Waals surface area contributed by atoms with Gasteiger partial charge in [-0.1, -0.05) is 30.3 Å². The van der Waals surface area contributed by atoms with Crippen molar-refractivity contribution in [1.29, 1.82) is 0 Å². The van der Waals surface area contributed by atoms with Gasteiger partial charge in [-0.05, 0) is 42.7 Å². The molecule has 0 saturated carbocycles. The standard InChI is InChI=1S/C19H19NO5S/c21-18(20-11-5-10-17(20)19(22)23)15-7-4-6-14(12-15)13-26(24,25)16-8-2-1-3-9-16/h1-4,6-9,12,17H,5,10-11,13H2,(H,22,23)/t17-/m1/s1. The van der Waals surface area contributed by atoms with Gasteiger partial charge in [0.05, 0.1) is 10.6 Å². The summed E-state index contributed by atoms with van der Waals surface area (Å²) in [6.45, 7) is 0.391. The number of nitrogens with zero attached hydrogens (tertiary/aromatic N) is 1. The van der Waals surface area contributed by atoms with E-state index in [-0.39, 0.29) is 16.6 Å². The maximum atomic E-state index is 12.7. The van der Waals surface area contributed by atoms with Crippen LogP contribution in [-0.2, 0) is 20.4 Å². The Bertz CT molecular complexity index is 924. The quantitative estimate of drug-likeness (QED) is 0.869. The Morgan fingerprint density at radius 1 is 1.08 bits per heavy atom. The van der Waals surface area contributed by atoms with E-state index < -0.39 is 21.8 Å². The minimum atomic E-state index is -3.52. The van der Waals surface area contributed by atoms with Crippen molar-refractivity contribution in [3.63, 3.8) is 0 Å². The minimum Gasteiger partial charge on any atom is -0.480 e. The number of hydrogen-bond donors (Lipinski definition) is 1. The number of carbonyl (C=O) groups excluding carboxylic acids is 1. The molecule has 136 valence electrons. The Hall–Kier alpha value is -2.67. The van der Waals surface area contributed by atoms with Gasteiger partial charge in [-0.3, -0.25) is 4.79 Å². The number of carbonyl (C=O) groups is 2. The van der Waals surface area contributed by atoms with E-state index in [0.717, 1.165) is 0 Å². The van der Waals surface area contributed by atoms with Crippen LogP contribution < -0.4 is 0 Å². The summed E-state index contributed by atoms with van der Waals surface area (Å²) in [4.78, 5) is 25.5. The number of aliphatic carboxylic acids is 1. The molecule has 1 N–H and O–H groups in total. The van der Waals surface area contributed by atoms with E-state index in [1.54, 1.807) is 36.4 Å². The molecule has 26 heavy (non-hydrogen) atoms. The van der Waals surface area contributed by atoms with Crippen LogP contribution in [0.25, 0.3) is 0 Å². The second-order valence-electron chi connectivity index (χ2n) is 6.27. The number of sulfone groups is 1. The second kappa shape index (κ2) is 7.29. The summed E-state index contributed by atoms with van der Waals surface area (Å²) in [5.74, 6) is -1.62. The molecule has 0 spiro atoms. The zero-order chi connectivity index (χ0) is 18.7. The molecule has 1 atom stereocenters. The highest BCUT2D eigenvalue weighted by Crippen LogP contribution is 2.22. The Balaban J connectivity index is 1.83. The molecule has 0 radical (unpaired) electrons. The first-order valence-corrected chi connectivity index (χ1v) is 9.94. The fourth-order valence-corrected chi connectivity index (χ4v) is 4.51. The van der Waals surface area contributed by atoms with E-state index in [0.29, 0.717) is 30.5 Å². The van der Waals surface area contributed by atoms with Crippen molar-refractivity contribution in [3.8, 4) is 0 Å². The van der Waals surface area contributed by atoms with Crippen molar-refractivity contribution in [1.82, 2.24) is 4.90 Å². The molecule has 3 rings (SSSR count). The van der Waals surface area contributed by atoms with Crippen LogP contribution in [0.3, 0.4) is 0 Å². The summed E-state index contributed by atoms with van der Waals surface area (Å²) in [6, 6.07) is 13.7. The maximum absolute atomic E-state index is 12.7. The molecule has 1 fully saturated rings. The average Bonchev–Trinajstić information content (AvgIpc) is 3.12. The number of likely N-dealkylation sites (tertiary alicyclic amines) is 1. The molecule has 0 aromatic heterocycles. The monoisotopic (exact) mass is 373 g/mol. The predicted molar refractivity (Wildman–Crippen MR) is 95.5 cm³/mol. The van der Waals surface area contributed by atoms with Crippen molar-refractivity contribution in [3.05, 3.63) is 65.7 Å². The van der Waals surface area contributed by atoms with Gasteiger partial charge in [0.25, 0.3) is 5.91 Å². The lowest BCUT2D eigenvalue weighted by Gasteiger charge is -2.21. The van der Waals surface area contributed by atoms with Crippen LogP contribution >= 0.6 is 0 Å². The van der Waals surface area contributed by atoms with Crippen LogP contribution in [0.4, 0.5) is 0 Å². The number of carboxylic acids is 1. The highest BCUT2D eigenvalue weighted by molar-refractivity contribution is 7.90. The summed E-state index contributed by atoms with van der Waals surface area (Å²) < 4.78 is 25.0. The van der Waals surface area contributed by atoms with Gasteiger partial charge in [0.15, 0.2) is 9.84 Å². The van der Waals surface area contributed by atoms with Gasteiger partial charge in [0, 0.05) is 12.1 Å². The zero-order valence-electron chi connectivity index (χ0n) is 14.0. The number of carboxylic acid groups (broad SMARTS) is 1. The molecule has 1 saturated heterocycles. The topological polar surface area (TPSA) is 91.8 Å². The van der Waals surface area contributed by atoms with Crippen molar-refractivity contribution in [2.24, 2.45) is 0 Å². The largest absolute Gasteiger partial charge is 0.480 e. The normalized spacial score (nSPS) is 17.2. The first-order valence-electron chi connectivity index (χ1n) is 8.29. The Labute approximate surface area is 152 Å². The molecule has 1 aliphatic rings. The lowest BCUT2D eigenvalue weighted by molar-refractivity contribution is -0.141. The third-order valence-electron chi connectivity index (χ3n) is 4.43. The summed E-state index contributed by atoms with van der Waals surface area (Å²) in [6.07, 6.45) is 1.08. The van der Waals surface area contributed by atoms with E-state index in [1.807, 2.05) is 0 Å². The summed E-state index contributed by atoms with van der Waals surface area (Å²) in [5, 5.41) is 9.24. The van der Waals surface area contributed by atoms with Crippen molar-refractivity contribution in [2.75, 3.05) is 6.54 Å². The smallest absolute Gasteiger partial charge is 0.326 e. The van der Waals surface area contributed by atoms with Crippen LogP contribution in [0, 0.1) is 0 Å².